The first-order valence-electron chi connectivity index (χ1n) is 11.0. The zero-order valence-electron chi connectivity index (χ0n) is 18.9. The number of fused-ring (bicyclic) bond motifs is 1. The highest BCUT2D eigenvalue weighted by Crippen LogP contribution is 2.28. The number of ether oxygens (including phenoxy) is 1. The fourth-order valence-electron chi connectivity index (χ4n) is 4.36. The van der Waals surface area contributed by atoms with Gasteiger partial charge in [-0.15, -0.1) is 0 Å². The molecule has 1 aliphatic heterocycles. The molecule has 4 heterocycles. The Morgan fingerprint density at radius 1 is 0.938 bits per heavy atom. The monoisotopic (exact) mass is 428 g/mol. The van der Waals surface area contributed by atoms with Crippen LogP contribution < -0.4 is 10.2 Å². The van der Waals surface area contributed by atoms with Crippen LogP contribution in [0.25, 0.3) is 22.0 Å². The molecule has 1 saturated heterocycles. The van der Waals surface area contributed by atoms with Gasteiger partial charge in [0, 0.05) is 55.4 Å². The lowest BCUT2D eigenvalue weighted by Gasteiger charge is -2.36. The summed E-state index contributed by atoms with van der Waals surface area (Å²) in [5, 5.41) is 9.16. The zero-order chi connectivity index (χ0) is 22.2. The van der Waals surface area contributed by atoms with Gasteiger partial charge in [0.25, 0.3) is 0 Å². The molecule has 0 amide bonds. The molecule has 32 heavy (non-hydrogen) atoms. The van der Waals surface area contributed by atoms with Gasteiger partial charge in [-0.25, -0.2) is 9.97 Å². The molecular formula is C25H28N6O. The number of hydrogen-bond donors (Lipinski definition) is 1. The van der Waals surface area contributed by atoms with Crippen LogP contribution in [0.2, 0.25) is 0 Å². The Morgan fingerprint density at radius 3 is 2.50 bits per heavy atom. The zero-order valence-corrected chi connectivity index (χ0v) is 18.9. The molecular weight excluding hydrogens is 400 g/mol. The summed E-state index contributed by atoms with van der Waals surface area (Å²) in [7, 11) is 1.98. The normalized spacial score (nSPS) is 18.8. The number of morpholine rings is 1. The second-order valence-corrected chi connectivity index (χ2v) is 8.56. The summed E-state index contributed by atoms with van der Waals surface area (Å²) >= 11 is 0. The molecule has 0 unspecified atom stereocenters. The van der Waals surface area contributed by atoms with Crippen LogP contribution in [-0.2, 0) is 11.8 Å². The summed E-state index contributed by atoms with van der Waals surface area (Å²) in [4.78, 5) is 11.4. The molecule has 4 aromatic rings. The van der Waals surface area contributed by atoms with Crippen molar-refractivity contribution in [1.29, 1.82) is 0 Å². The summed E-state index contributed by atoms with van der Waals surface area (Å²) in [5.41, 5.74) is 5.39. The molecule has 0 aliphatic carbocycles. The van der Waals surface area contributed by atoms with Crippen molar-refractivity contribution in [3.8, 4) is 11.1 Å². The number of aromatic nitrogens is 4. The SMILES string of the molecule is Cc1c2cc(-c3ccnc(Nc4ccnc(N5C[C@@H](C)O[C@@H](C)C5)c4)c3)ccc2nn1C. The molecule has 1 aliphatic rings. The van der Waals surface area contributed by atoms with E-state index in [1.165, 1.54) is 5.39 Å². The van der Waals surface area contributed by atoms with E-state index in [9.17, 15) is 0 Å². The van der Waals surface area contributed by atoms with E-state index in [1.807, 2.05) is 36.3 Å². The van der Waals surface area contributed by atoms with Gasteiger partial charge in [0.1, 0.15) is 11.6 Å². The number of nitrogens with zero attached hydrogens (tertiary/aromatic N) is 5. The third-order valence-corrected chi connectivity index (χ3v) is 5.98. The van der Waals surface area contributed by atoms with E-state index in [2.05, 4.69) is 76.4 Å². The molecule has 0 saturated carbocycles. The molecule has 164 valence electrons. The first kappa shape index (κ1) is 20.5. The van der Waals surface area contributed by atoms with Crippen LogP contribution in [0.1, 0.15) is 19.5 Å². The topological polar surface area (TPSA) is 68.1 Å². The molecule has 1 aromatic carbocycles. The predicted molar refractivity (Wildman–Crippen MR) is 128 cm³/mol. The van der Waals surface area contributed by atoms with Gasteiger partial charge in [-0.05, 0) is 62.2 Å². The lowest BCUT2D eigenvalue weighted by atomic mass is 10.0. The highest BCUT2D eigenvalue weighted by molar-refractivity contribution is 5.87. The van der Waals surface area contributed by atoms with Gasteiger partial charge in [-0.1, -0.05) is 6.07 Å². The van der Waals surface area contributed by atoms with Gasteiger partial charge in [0.15, 0.2) is 0 Å². The van der Waals surface area contributed by atoms with Crippen molar-refractivity contribution in [3.05, 3.63) is 60.6 Å². The fraction of sp³-hybridized carbons (Fsp3) is 0.320. The van der Waals surface area contributed by atoms with Crippen LogP contribution in [0.4, 0.5) is 17.3 Å². The van der Waals surface area contributed by atoms with Crippen LogP contribution in [0.15, 0.2) is 54.9 Å². The number of anilines is 3. The molecule has 0 spiro atoms. The number of benzene rings is 1. The van der Waals surface area contributed by atoms with Crippen molar-refractivity contribution in [2.24, 2.45) is 7.05 Å². The van der Waals surface area contributed by atoms with Crippen molar-refractivity contribution in [2.45, 2.75) is 33.0 Å². The first-order valence-corrected chi connectivity index (χ1v) is 11.0. The van der Waals surface area contributed by atoms with Crippen LogP contribution in [-0.4, -0.2) is 45.0 Å². The highest BCUT2D eigenvalue weighted by Gasteiger charge is 2.23. The summed E-state index contributed by atoms with van der Waals surface area (Å²) in [6.45, 7) is 7.97. The third-order valence-electron chi connectivity index (χ3n) is 5.98. The first-order chi connectivity index (χ1) is 15.5. The van der Waals surface area contributed by atoms with Crippen LogP contribution in [0.3, 0.4) is 0 Å². The standard InChI is InChI=1S/C25H28N6O/c1-16-14-31(15-17(2)32-16)25-13-21(8-10-27-25)28-24-12-20(7-9-26-24)19-5-6-23-22(11-19)18(3)30(4)29-23/h5-13,16-17H,14-15H2,1-4H3,(H,26,27,28)/t16-,17+. The van der Waals surface area contributed by atoms with Crippen LogP contribution >= 0.6 is 0 Å². The molecule has 2 atom stereocenters. The Balaban J connectivity index is 1.39. The van der Waals surface area contributed by atoms with Crippen molar-refractivity contribution in [1.82, 2.24) is 19.7 Å². The molecule has 1 N–H and O–H groups in total. The minimum absolute atomic E-state index is 0.191. The highest BCUT2D eigenvalue weighted by atomic mass is 16.5. The maximum Gasteiger partial charge on any atom is 0.130 e. The smallest absolute Gasteiger partial charge is 0.130 e. The molecule has 7 nitrogen and oxygen atoms in total. The summed E-state index contributed by atoms with van der Waals surface area (Å²) in [6.07, 6.45) is 4.06. The molecule has 3 aromatic heterocycles. The lowest BCUT2D eigenvalue weighted by molar-refractivity contribution is -0.00545. The van der Waals surface area contributed by atoms with Gasteiger partial charge in [-0.2, -0.15) is 5.10 Å². The molecule has 0 radical (unpaired) electrons. The number of aryl methyl sites for hydroxylation is 2. The summed E-state index contributed by atoms with van der Waals surface area (Å²) < 4.78 is 7.78. The second kappa shape index (κ2) is 8.24. The average Bonchev–Trinajstić information content (AvgIpc) is 3.06. The Bertz CT molecular complexity index is 1260. The predicted octanol–water partition coefficient (Wildman–Crippen LogP) is 4.70. The number of rotatable bonds is 4. The van der Waals surface area contributed by atoms with Crippen molar-refractivity contribution < 1.29 is 4.74 Å². The summed E-state index contributed by atoms with van der Waals surface area (Å²) in [6, 6.07) is 14.5. The number of hydrogen-bond acceptors (Lipinski definition) is 6. The number of pyridine rings is 2. The fourth-order valence-corrected chi connectivity index (χ4v) is 4.36. The minimum Gasteiger partial charge on any atom is -0.372 e. The Labute approximate surface area is 188 Å². The average molecular weight is 429 g/mol. The van der Waals surface area contributed by atoms with E-state index in [0.717, 1.165) is 52.8 Å². The van der Waals surface area contributed by atoms with Gasteiger partial charge >= 0.3 is 0 Å². The van der Waals surface area contributed by atoms with Crippen molar-refractivity contribution >= 4 is 28.2 Å². The van der Waals surface area contributed by atoms with E-state index >= 15 is 0 Å². The Morgan fingerprint density at radius 2 is 1.69 bits per heavy atom. The van der Waals surface area contributed by atoms with Crippen molar-refractivity contribution in [3.63, 3.8) is 0 Å². The third kappa shape index (κ3) is 4.03. The Kier molecular flexibility index (Phi) is 5.27. The van der Waals surface area contributed by atoms with E-state index in [1.54, 1.807) is 0 Å². The molecule has 1 fully saturated rings. The molecule has 0 bridgehead atoms. The van der Waals surface area contributed by atoms with Gasteiger partial charge < -0.3 is 15.0 Å². The molecule has 7 heteroatoms. The van der Waals surface area contributed by atoms with E-state index in [4.69, 9.17) is 4.74 Å². The van der Waals surface area contributed by atoms with E-state index < -0.39 is 0 Å². The van der Waals surface area contributed by atoms with Crippen LogP contribution in [0.5, 0.6) is 0 Å². The maximum atomic E-state index is 5.85. The lowest BCUT2D eigenvalue weighted by Crippen LogP contribution is -2.45. The second-order valence-electron chi connectivity index (χ2n) is 8.56. The van der Waals surface area contributed by atoms with Gasteiger partial charge in [-0.3, -0.25) is 4.68 Å². The Hall–Kier alpha value is -3.45. The molecule has 5 rings (SSSR count). The maximum absolute atomic E-state index is 5.85. The van der Waals surface area contributed by atoms with Gasteiger partial charge in [0.2, 0.25) is 0 Å². The largest absolute Gasteiger partial charge is 0.372 e. The van der Waals surface area contributed by atoms with E-state index in [-0.39, 0.29) is 12.2 Å². The van der Waals surface area contributed by atoms with Crippen molar-refractivity contribution in [2.75, 3.05) is 23.3 Å². The number of nitrogens with one attached hydrogen (secondary N) is 1. The van der Waals surface area contributed by atoms with E-state index in [0.29, 0.717) is 0 Å². The minimum atomic E-state index is 0.191. The summed E-state index contributed by atoms with van der Waals surface area (Å²) in [5.74, 6) is 1.75. The quantitative estimate of drug-likeness (QED) is 0.508. The van der Waals surface area contributed by atoms with Gasteiger partial charge in [0.05, 0.1) is 17.7 Å². The van der Waals surface area contributed by atoms with Crippen LogP contribution in [0, 0.1) is 6.92 Å².